The number of carbonyl (C=O) groups is 1. The smallest absolute Gasteiger partial charge is 0.266 e. The second-order valence-electron chi connectivity index (χ2n) is 5.55. The number of hydrogen-bond donors (Lipinski definition) is 0. The number of hydrogen-bond acceptors (Lipinski definition) is 4. The molecule has 0 fully saturated rings. The van der Waals surface area contributed by atoms with Crippen molar-refractivity contribution in [3.8, 4) is 0 Å². The van der Waals surface area contributed by atoms with Crippen molar-refractivity contribution in [3.05, 3.63) is 51.5 Å². The molecular weight excluding hydrogens is 320 g/mol. The highest BCUT2D eigenvalue weighted by Gasteiger charge is 2.20. The molecule has 1 amide bonds. The summed E-state index contributed by atoms with van der Waals surface area (Å²) in [5.41, 5.74) is 2.86. The van der Waals surface area contributed by atoms with Gasteiger partial charge < -0.3 is 9.80 Å². The Bertz CT molecular complexity index is 688. The van der Waals surface area contributed by atoms with Gasteiger partial charge in [-0.1, -0.05) is 6.07 Å². The highest BCUT2D eigenvalue weighted by Crippen LogP contribution is 2.18. The molecule has 7 heteroatoms. The fourth-order valence-corrected chi connectivity index (χ4v) is 2.85. The summed E-state index contributed by atoms with van der Waals surface area (Å²) < 4.78 is 26.4. The van der Waals surface area contributed by atoms with Crippen molar-refractivity contribution in [2.45, 2.75) is 13.5 Å². The van der Waals surface area contributed by atoms with Crippen molar-refractivity contribution >= 4 is 17.2 Å². The molecule has 1 aromatic carbocycles. The van der Waals surface area contributed by atoms with Crippen LogP contribution in [-0.4, -0.2) is 47.9 Å². The third-order valence-electron chi connectivity index (χ3n) is 3.40. The minimum Gasteiger partial charge on any atom is -0.332 e. The van der Waals surface area contributed by atoms with E-state index < -0.39 is 11.6 Å². The van der Waals surface area contributed by atoms with E-state index in [0.717, 1.165) is 12.1 Å². The van der Waals surface area contributed by atoms with Crippen LogP contribution >= 0.6 is 11.3 Å². The predicted octanol–water partition coefficient (Wildman–Crippen LogP) is 2.93. The molecule has 0 saturated carbocycles. The van der Waals surface area contributed by atoms with Crippen LogP contribution in [0.2, 0.25) is 0 Å². The molecule has 0 bridgehead atoms. The van der Waals surface area contributed by atoms with Gasteiger partial charge in [-0.25, -0.2) is 13.8 Å². The molecule has 0 aliphatic heterocycles. The Morgan fingerprint density at radius 2 is 1.96 bits per heavy atom. The summed E-state index contributed by atoms with van der Waals surface area (Å²) in [4.78, 5) is 21.0. The van der Waals surface area contributed by atoms with E-state index in [-0.39, 0.29) is 12.5 Å². The molecule has 4 nitrogen and oxygen atoms in total. The van der Waals surface area contributed by atoms with Gasteiger partial charge in [0.2, 0.25) is 0 Å². The number of amides is 1. The van der Waals surface area contributed by atoms with Gasteiger partial charge in [0.15, 0.2) is 11.6 Å². The summed E-state index contributed by atoms with van der Waals surface area (Å²) in [5, 5.41) is 0. The zero-order chi connectivity index (χ0) is 17.0. The van der Waals surface area contributed by atoms with Crippen molar-refractivity contribution in [1.29, 1.82) is 0 Å². The maximum Gasteiger partial charge on any atom is 0.266 e. The van der Waals surface area contributed by atoms with Crippen LogP contribution in [0.1, 0.15) is 20.9 Å². The van der Waals surface area contributed by atoms with Crippen LogP contribution in [0.25, 0.3) is 0 Å². The molecule has 23 heavy (non-hydrogen) atoms. The van der Waals surface area contributed by atoms with Crippen molar-refractivity contribution in [2.75, 3.05) is 27.2 Å². The molecule has 1 heterocycles. The molecule has 2 aromatic rings. The van der Waals surface area contributed by atoms with Crippen LogP contribution in [0.15, 0.2) is 23.7 Å². The molecule has 0 unspecified atom stereocenters. The summed E-state index contributed by atoms with van der Waals surface area (Å²) in [5.74, 6) is -1.94. The van der Waals surface area contributed by atoms with Gasteiger partial charge in [-0.05, 0) is 38.7 Å². The minimum absolute atomic E-state index is 0.142. The SMILES string of the molecule is Cc1ncsc1C(=O)N(CCN(C)C)Cc1ccc(F)c(F)c1. The lowest BCUT2D eigenvalue weighted by molar-refractivity contribution is 0.0735. The zero-order valence-corrected chi connectivity index (χ0v) is 14.2. The lowest BCUT2D eigenvalue weighted by atomic mass is 10.2. The molecule has 0 spiro atoms. The number of thiazole rings is 1. The fourth-order valence-electron chi connectivity index (χ4n) is 2.08. The molecule has 1 aromatic heterocycles. The lowest BCUT2D eigenvalue weighted by Gasteiger charge is -2.24. The van der Waals surface area contributed by atoms with E-state index in [0.29, 0.717) is 29.2 Å². The summed E-state index contributed by atoms with van der Waals surface area (Å²) in [6.07, 6.45) is 0. The van der Waals surface area contributed by atoms with Gasteiger partial charge in [0, 0.05) is 19.6 Å². The second kappa shape index (κ2) is 7.61. The first-order chi connectivity index (χ1) is 10.9. The van der Waals surface area contributed by atoms with E-state index in [4.69, 9.17) is 0 Å². The largest absolute Gasteiger partial charge is 0.332 e. The van der Waals surface area contributed by atoms with Gasteiger partial charge in [-0.3, -0.25) is 4.79 Å². The molecule has 124 valence electrons. The third-order valence-corrected chi connectivity index (χ3v) is 4.32. The van der Waals surface area contributed by atoms with Crippen LogP contribution in [0.3, 0.4) is 0 Å². The van der Waals surface area contributed by atoms with Gasteiger partial charge in [0.25, 0.3) is 5.91 Å². The highest BCUT2D eigenvalue weighted by molar-refractivity contribution is 7.11. The lowest BCUT2D eigenvalue weighted by Crippen LogP contribution is -2.36. The first kappa shape index (κ1) is 17.5. The maximum atomic E-state index is 13.4. The zero-order valence-electron chi connectivity index (χ0n) is 13.3. The highest BCUT2D eigenvalue weighted by atomic mass is 32.1. The number of aryl methyl sites for hydroxylation is 1. The van der Waals surface area contributed by atoms with Crippen molar-refractivity contribution in [1.82, 2.24) is 14.8 Å². The average molecular weight is 339 g/mol. The molecule has 0 N–H and O–H groups in total. The minimum atomic E-state index is -0.906. The van der Waals surface area contributed by atoms with Crippen LogP contribution in [0.4, 0.5) is 8.78 Å². The van der Waals surface area contributed by atoms with E-state index >= 15 is 0 Å². The quantitative estimate of drug-likeness (QED) is 0.812. The second-order valence-corrected chi connectivity index (χ2v) is 6.40. The van der Waals surface area contributed by atoms with Gasteiger partial charge in [-0.2, -0.15) is 0 Å². The molecule has 0 saturated heterocycles. The summed E-state index contributed by atoms with van der Waals surface area (Å²) in [6, 6.07) is 3.70. The topological polar surface area (TPSA) is 36.4 Å². The van der Waals surface area contributed by atoms with E-state index in [1.54, 1.807) is 17.3 Å². The van der Waals surface area contributed by atoms with Crippen LogP contribution in [0.5, 0.6) is 0 Å². The first-order valence-corrected chi connectivity index (χ1v) is 8.04. The number of halogens is 2. The van der Waals surface area contributed by atoms with E-state index in [9.17, 15) is 13.6 Å². The number of carbonyl (C=O) groups excluding carboxylic acids is 1. The molecular formula is C16H19F2N3OS. The molecule has 0 atom stereocenters. The van der Waals surface area contributed by atoms with Crippen molar-refractivity contribution < 1.29 is 13.6 Å². The standard InChI is InChI=1S/C16H19F2N3OS/c1-11-15(23-10-19-11)16(22)21(7-6-20(2)3)9-12-4-5-13(17)14(18)8-12/h4-5,8,10H,6-7,9H2,1-3H3. The number of aromatic nitrogens is 1. The van der Waals surface area contributed by atoms with Gasteiger partial charge in [-0.15, -0.1) is 11.3 Å². The van der Waals surface area contributed by atoms with E-state index in [2.05, 4.69) is 4.98 Å². The Balaban J connectivity index is 2.21. The van der Waals surface area contributed by atoms with Gasteiger partial charge >= 0.3 is 0 Å². The molecule has 0 radical (unpaired) electrons. The monoisotopic (exact) mass is 339 g/mol. The van der Waals surface area contributed by atoms with Crippen molar-refractivity contribution in [2.24, 2.45) is 0 Å². The Hall–Kier alpha value is -1.86. The summed E-state index contributed by atoms with van der Waals surface area (Å²) >= 11 is 1.29. The van der Waals surface area contributed by atoms with Crippen LogP contribution in [0, 0.1) is 18.6 Å². The Morgan fingerprint density at radius 1 is 1.22 bits per heavy atom. The molecule has 0 aliphatic carbocycles. The Kier molecular flexibility index (Phi) is 5.79. The first-order valence-electron chi connectivity index (χ1n) is 7.16. The summed E-state index contributed by atoms with van der Waals surface area (Å²) in [6.45, 7) is 3.17. The Labute approximate surface area is 138 Å². The van der Waals surface area contributed by atoms with Crippen molar-refractivity contribution in [3.63, 3.8) is 0 Å². The number of likely N-dealkylation sites (N-methyl/N-ethyl adjacent to an activating group) is 1. The normalized spacial score (nSPS) is 11.0. The van der Waals surface area contributed by atoms with Gasteiger partial charge in [0.1, 0.15) is 4.88 Å². The molecule has 0 aliphatic rings. The maximum absolute atomic E-state index is 13.4. The number of rotatable bonds is 6. The number of benzene rings is 1. The van der Waals surface area contributed by atoms with Gasteiger partial charge in [0.05, 0.1) is 11.2 Å². The predicted molar refractivity (Wildman–Crippen MR) is 86.5 cm³/mol. The third kappa shape index (κ3) is 4.56. The van der Waals surface area contributed by atoms with Crippen LogP contribution in [-0.2, 0) is 6.54 Å². The van der Waals surface area contributed by atoms with Crippen LogP contribution < -0.4 is 0 Å². The molecule has 2 rings (SSSR count). The number of nitrogens with zero attached hydrogens (tertiary/aromatic N) is 3. The summed E-state index contributed by atoms with van der Waals surface area (Å²) in [7, 11) is 3.83. The Morgan fingerprint density at radius 3 is 2.52 bits per heavy atom. The average Bonchev–Trinajstić information content (AvgIpc) is 2.92. The van der Waals surface area contributed by atoms with E-state index in [1.165, 1.54) is 17.4 Å². The fraction of sp³-hybridized carbons (Fsp3) is 0.375. The van der Waals surface area contributed by atoms with E-state index in [1.807, 2.05) is 19.0 Å².